The van der Waals surface area contributed by atoms with Crippen molar-refractivity contribution in [2.75, 3.05) is 0 Å². The maximum Gasteiger partial charge on any atom is 0.293 e. The van der Waals surface area contributed by atoms with E-state index in [1.54, 1.807) is 60.7 Å². The smallest absolute Gasteiger partial charge is 0.293 e. The van der Waals surface area contributed by atoms with Crippen LogP contribution >= 0.6 is 69.8 Å². The molecule has 0 aliphatic carbocycles. The van der Waals surface area contributed by atoms with Gasteiger partial charge in [-0.05, 0) is 59.3 Å². The second-order valence-corrected chi connectivity index (χ2v) is 10.3. The molecule has 0 spiro atoms. The van der Waals surface area contributed by atoms with Gasteiger partial charge in [0.05, 0.1) is 21.5 Å². The fourth-order valence-corrected chi connectivity index (χ4v) is 5.28. The van der Waals surface area contributed by atoms with Gasteiger partial charge in [-0.25, -0.2) is 0 Å². The zero-order chi connectivity index (χ0) is 24.4. The number of thioether (sulfide) groups is 1. The number of carbonyl (C=O) groups is 2. The second kappa shape index (κ2) is 10.8. The monoisotopic (exact) mass is 571 g/mol. The van der Waals surface area contributed by atoms with Crippen molar-refractivity contribution < 1.29 is 14.3 Å². The Labute approximate surface area is 225 Å². The molecule has 1 aliphatic heterocycles. The van der Waals surface area contributed by atoms with Crippen molar-refractivity contribution in [3.63, 3.8) is 0 Å². The van der Waals surface area contributed by atoms with Crippen molar-refractivity contribution in [2.45, 2.75) is 13.2 Å². The molecule has 1 saturated heterocycles. The summed E-state index contributed by atoms with van der Waals surface area (Å²) in [6.07, 6.45) is 1.56. The fraction of sp³-hybridized carbons (Fsp3) is 0.0833. The van der Waals surface area contributed by atoms with Gasteiger partial charge >= 0.3 is 0 Å². The first-order chi connectivity index (χ1) is 16.2. The average molecular weight is 574 g/mol. The summed E-state index contributed by atoms with van der Waals surface area (Å²) in [7, 11) is 0. The van der Waals surface area contributed by atoms with Crippen molar-refractivity contribution in [1.82, 2.24) is 4.90 Å². The second-order valence-electron chi connectivity index (χ2n) is 7.20. The van der Waals surface area contributed by atoms with Crippen molar-refractivity contribution in [3.05, 3.63) is 101 Å². The molecule has 0 atom stereocenters. The Kier molecular flexibility index (Phi) is 8.03. The lowest BCUT2D eigenvalue weighted by Gasteiger charge is -2.13. The molecule has 10 heteroatoms. The van der Waals surface area contributed by atoms with E-state index in [9.17, 15) is 9.59 Å². The molecular formula is C24H14Cl5NO3S. The quantitative estimate of drug-likeness (QED) is 0.277. The molecule has 0 bridgehead atoms. The van der Waals surface area contributed by atoms with Gasteiger partial charge in [-0.3, -0.25) is 14.5 Å². The van der Waals surface area contributed by atoms with Crippen LogP contribution in [0.3, 0.4) is 0 Å². The molecule has 0 unspecified atom stereocenters. The Morgan fingerprint density at radius 3 is 2.21 bits per heavy atom. The molecule has 0 saturated carbocycles. The lowest BCUT2D eigenvalue weighted by molar-refractivity contribution is -0.123. The summed E-state index contributed by atoms with van der Waals surface area (Å²) in [5.74, 6) is -0.141. The molecule has 1 aliphatic rings. The van der Waals surface area contributed by atoms with Gasteiger partial charge in [-0.15, -0.1) is 0 Å². The normalized spacial score (nSPS) is 14.9. The van der Waals surface area contributed by atoms with E-state index in [2.05, 4.69) is 0 Å². The predicted molar refractivity (Wildman–Crippen MR) is 140 cm³/mol. The minimum atomic E-state index is -0.417. The Bertz CT molecular complexity index is 1300. The van der Waals surface area contributed by atoms with Gasteiger partial charge in [-0.1, -0.05) is 82.3 Å². The highest BCUT2D eigenvalue weighted by atomic mass is 35.5. The largest absolute Gasteiger partial charge is 0.486 e. The number of halogens is 5. The van der Waals surface area contributed by atoms with E-state index in [1.165, 1.54) is 0 Å². The Morgan fingerprint density at radius 1 is 0.824 bits per heavy atom. The summed E-state index contributed by atoms with van der Waals surface area (Å²) in [5, 5.41) is 1.58. The van der Waals surface area contributed by atoms with Crippen LogP contribution in [0, 0.1) is 0 Å². The number of imide groups is 1. The third-order valence-corrected chi connectivity index (χ3v) is 7.29. The summed E-state index contributed by atoms with van der Waals surface area (Å²) in [6, 6.07) is 15.3. The van der Waals surface area contributed by atoms with E-state index in [0.29, 0.717) is 26.2 Å². The number of ether oxygens (including phenoxy) is 1. The lowest BCUT2D eigenvalue weighted by atomic mass is 10.2. The van der Waals surface area contributed by atoms with Crippen LogP contribution in [0.2, 0.25) is 25.1 Å². The molecule has 0 aromatic heterocycles. The van der Waals surface area contributed by atoms with Gasteiger partial charge in [0.15, 0.2) is 5.75 Å². The molecule has 1 fully saturated rings. The fourth-order valence-electron chi connectivity index (χ4n) is 3.17. The number of benzene rings is 3. The molecule has 1 heterocycles. The van der Waals surface area contributed by atoms with Crippen LogP contribution in [0.4, 0.5) is 4.79 Å². The van der Waals surface area contributed by atoms with Crippen molar-refractivity contribution in [3.8, 4) is 5.75 Å². The zero-order valence-electron chi connectivity index (χ0n) is 17.2. The maximum atomic E-state index is 12.8. The molecule has 0 radical (unpaired) electrons. The Hall–Kier alpha value is -1.86. The number of carbonyl (C=O) groups excluding carboxylic acids is 2. The number of amides is 2. The van der Waals surface area contributed by atoms with Crippen LogP contribution in [0.15, 0.2) is 59.5 Å². The highest BCUT2D eigenvalue weighted by molar-refractivity contribution is 8.18. The van der Waals surface area contributed by atoms with E-state index in [-0.39, 0.29) is 39.1 Å². The van der Waals surface area contributed by atoms with Crippen LogP contribution < -0.4 is 4.74 Å². The van der Waals surface area contributed by atoms with Crippen LogP contribution in [-0.4, -0.2) is 16.0 Å². The van der Waals surface area contributed by atoms with E-state index >= 15 is 0 Å². The highest BCUT2D eigenvalue weighted by Crippen LogP contribution is 2.38. The minimum absolute atomic E-state index is 0.0865. The average Bonchev–Trinajstić information content (AvgIpc) is 3.03. The molecule has 0 N–H and O–H groups in total. The number of rotatable bonds is 6. The molecule has 174 valence electrons. The van der Waals surface area contributed by atoms with Gasteiger partial charge < -0.3 is 4.74 Å². The standard InChI is InChI=1S/C24H14Cl5NO3S/c25-16-6-5-15(18(27)10-16)12-33-22-19(28)7-13(8-20(22)29)9-21-23(31)30(24(32)34-21)11-14-3-1-2-4-17(14)26/h1-10H,11-12H2/b21-9-. The van der Waals surface area contributed by atoms with E-state index < -0.39 is 5.91 Å². The molecule has 3 aromatic rings. The molecule has 3 aromatic carbocycles. The van der Waals surface area contributed by atoms with Gasteiger partial charge in [-0.2, -0.15) is 0 Å². The summed E-state index contributed by atoms with van der Waals surface area (Å²) in [6.45, 7) is 0.221. The highest BCUT2D eigenvalue weighted by Gasteiger charge is 2.35. The van der Waals surface area contributed by atoms with Crippen LogP contribution in [0.1, 0.15) is 16.7 Å². The van der Waals surface area contributed by atoms with Crippen LogP contribution in [0.5, 0.6) is 5.75 Å². The van der Waals surface area contributed by atoms with Crippen molar-refractivity contribution in [1.29, 1.82) is 0 Å². The van der Waals surface area contributed by atoms with Gasteiger partial charge in [0, 0.05) is 20.6 Å². The molecule has 34 heavy (non-hydrogen) atoms. The van der Waals surface area contributed by atoms with Crippen LogP contribution in [0.25, 0.3) is 6.08 Å². The maximum absolute atomic E-state index is 12.8. The Morgan fingerprint density at radius 2 is 1.53 bits per heavy atom. The van der Waals surface area contributed by atoms with Gasteiger partial charge in [0.2, 0.25) is 0 Å². The van der Waals surface area contributed by atoms with Crippen molar-refractivity contribution in [2.24, 2.45) is 0 Å². The lowest BCUT2D eigenvalue weighted by Crippen LogP contribution is -2.27. The predicted octanol–water partition coefficient (Wildman–Crippen LogP) is 8.77. The third kappa shape index (κ3) is 5.68. The Balaban J connectivity index is 1.51. The summed E-state index contributed by atoms with van der Waals surface area (Å²) >= 11 is 31.9. The summed E-state index contributed by atoms with van der Waals surface area (Å²) < 4.78 is 5.77. The first-order valence-electron chi connectivity index (χ1n) is 9.77. The van der Waals surface area contributed by atoms with Crippen molar-refractivity contribution >= 4 is 87.0 Å². The summed E-state index contributed by atoms with van der Waals surface area (Å²) in [4.78, 5) is 26.7. The SMILES string of the molecule is O=C1S/C(=C\c2cc(Cl)c(OCc3ccc(Cl)cc3Cl)c(Cl)c2)C(=O)N1Cc1ccccc1Cl. The minimum Gasteiger partial charge on any atom is -0.486 e. The van der Waals surface area contributed by atoms with E-state index in [0.717, 1.165) is 22.2 Å². The molecule has 4 rings (SSSR count). The molecule has 2 amide bonds. The zero-order valence-corrected chi connectivity index (χ0v) is 21.8. The van der Waals surface area contributed by atoms with E-state index in [1.807, 2.05) is 0 Å². The molecular weight excluding hydrogens is 560 g/mol. The van der Waals surface area contributed by atoms with Gasteiger partial charge in [0.1, 0.15) is 6.61 Å². The number of hydrogen-bond acceptors (Lipinski definition) is 4. The summed E-state index contributed by atoms with van der Waals surface area (Å²) in [5.41, 5.74) is 1.95. The molecule has 4 nitrogen and oxygen atoms in total. The first-order valence-corrected chi connectivity index (χ1v) is 12.5. The van der Waals surface area contributed by atoms with Gasteiger partial charge in [0.25, 0.3) is 11.1 Å². The number of nitrogens with zero attached hydrogens (tertiary/aromatic N) is 1. The first kappa shape index (κ1) is 25.2. The third-order valence-electron chi connectivity index (χ3n) is 4.87. The topological polar surface area (TPSA) is 46.6 Å². The van der Waals surface area contributed by atoms with Crippen LogP contribution in [-0.2, 0) is 17.9 Å². The number of hydrogen-bond donors (Lipinski definition) is 0. The van der Waals surface area contributed by atoms with E-state index in [4.69, 9.17) is 62.7 Å².